The Kier molecular flexibility index (Phi) is 7.82. The normalized spacial score (nSPS) is 11.2. The number of carbonyl (C=O) groups is 2. The van der Waals surface area contributed by atoms with E-state index in [1.54, 1.807) is 24.3 Å². The lowest BCUT2D eigenvalue weighted by molar-refractivity contribution is -0.137. The highest BCUT2D eigenvalue weighted by atomic mass is 19.4. The van der Waals surface area contributed by atoms with Gasteiger partial charge < -0.3 is 10.2 Å². The molecule has 0 spiro atoms. The first kappa shape index (κ1) is 22.5. The molecular weight excluding hydrogens is 381 g/mol. The third-order valence-corrected chi connectivity index (χ3v) is 4.32. The second-order valence-electron chi connectivity index (χ2n) is 6.76. The fourth-order valence-corrected chi connectivity index (χ4v) is 2.91. The molecule has 29 heavy (non-hydrogen) atoms. The van der Waals surface area contributed by atoms with E-state index in [0.717, 1.165) is 18.6 Å². The van der Waals surface area contributed by atoms with Gasteiger partial charge in [-0.1, -0.05) is 32.0 Å². The molecule has 0 saturated carbocycles. The number of halogens is 3. The van der Waals surface area contributed by atoms with E-state index in [9.17, 15) is 22.8 Å². The highest BCUT2D eigenvalue weighted by molar-refractivity contribution is 5.99. The predicted octanol–water partition coefficient (Wildman–Crippen LogP) is 4.90. The number of carbonyl (C=O) groups excluding carboxylic acids is 2. The fourth-order valence-electron chi connectivity index (χ4n) is 2.91. The summed E-state index contributed by atoms with van der Waals surface area (Å²) < 4.78 is 38.9. The maximum atomic E-state index is 13.0. The number of nitrogens with one attached hydrogen (secondary N) is 1. The van der Waals surface area contributed by atoms with Crippen LogP contribution in [0.2, 0.25) is 0 Å². The zero-order valence-electron chi connectivity index (χ0n) is 16.6. The van der Waals surface area contributed by atoms with Crippen LogP contribution in [-0.2, 0) is 12.7 Å². The summed E-state index contributed by atoms with van der Waals surface area (Å²) in [4.78, 5) is 26.6. The lowest BCUT2D eigenvalue weighted by Gasteiger charge is -2.23. The van der Waals surface area contributed by atoms with Crippen LogP contribution in [0.4, 0.5) is 13.2 Å². The van der Waals surface area contributed by atoms with Gasteiger partial charge in [0.1, 0.15) is 0 Å². The summed E-state index contributed by atoms with van der Waals surface area (Å²) in [7, 11) is 0. The van der Waals surface area contributed by atoms with Crippen LogP contribution in [0.1, 0.15) is 58.5 Å². The largest absolute Gasteiger partial charge is 0.416 e. The molecule has 0 aliphatic heterocycles. The van der Waals surface area contributed by atoms with Gasteiger partial charge in [0, 0.05) is 30.8 Å². The Morgan fingerprint density at radius 2 is 1.66 bits per heavy atom. The topological polar surface area (TPSA) is 49.4 Å². The molecule has 0 aliphatic rings. The maximum absolute atomic E-state index is 13.0. The Morgan fingerprint density at radius 3 is 2.31 bits per heavy atom. The van der Waals surface area contributed by atoms with Gasteiger partial charge in [0.15, 0.2) is 0 Å². The Hall–Kier alpha value is -2.83. The van der Waals surface area contributed by atoms with E-state index in [4.69, 9.17) is 0 Å². The number of amides is 2. The molecular formula is C22H25F3N2O2. The summed E-state index contributed by atoms with van der Waals surface area (Å²) in [6.07, 6.45) is -2.98. The van der Waals surface area contributed by atoms with Gasteiger partial charge in [-0.15, -0.1) is 0 Å². The quantitative estimate of drug-likeness (QED) is 0.678. The number of rotatable bonds is 8. The summed E-state index contributed by atoms with van der Waals surface area (Å²) in [5, 5.41) is 2.76. The van der Waals surface area contributed by atoms with Gasteiger partial charge in [0.25, 0.3) is 11.8 Å². The van der Waals surface area contributed by atoms with Crippen molar-refractivity contribution < 1.29 is 22.8 Å². The molecule has 0 radical (unpaired) electrons. The zero-order valence-corrected chi connectivity index (χ0v) is 16.6. The van der Waals surface area contributed by atoms with E-state index < -0.39 is 11.7 Å². The summed E-state index contributed by atoms with van der Waals surface area (Å²) in [6, 6.07) is 11.3. The van der Waals surface area contributed by atoms with Crippen molar-refractivity contribution >= 4 is 11.8 Å². The van der Waals surface area contributed by atoms with Gasteiger partial charge in [-0.05, 0) is 48.7 Å². The molecule has 7 heteroatoms. The van der Waals surface area contributed by atoms with Gasteiger partial charge in [-0.2, -0.15) is 13.2 Å². The van der Waals surface area contributed by atoms with Crippen molar-refractivity contribution in [3.8, 4) is 0 Å². The van der Waals surface area contributed by atoms with Crippen LogP contribution in [0.15, 0.2) is 48.5 Å². The Balaban J connectivity index is 2.23. The van der Waals surface area contributed by atoms with E-state index in [1.165, 1.54) is 17.0 Å². The molecule has 156 valence electrons. The molecule has 0 unspecified atom stereocenters. The van der Waals surface area contributed by atoms with E-state index in [1.807, 2.05) is 13.8 Å². The van der Waals surface area contributed by atoms with Crippen molar-refractivity contribution in [1.29, 1.82) is 0 Å². The minimum Gasteiger partial charge on any atom is -0.352 e. The molecule has 2 aromatic rings. The first-order chi connectivity index (χ1) is 13.8. The Bertz CT molecular complexity index is 850. The number of benzene rings is 2. The van der Waals surface area contributed by atoms with Crippen LogP contribution in [-0.4, -0.2) is 29.8 Å². The van der Waals surface area contributed by atoms with E-state index in [2.05, 4.69) is 5.32 Å². The van der Waals surface area contributed by atoms with Crippen LogP contribution in [0.5, 0.6) is 0 Å². The van der Waals surface area contributed by atoms with Crippen molar-refractivity contribution in [3.05, 3.63) is 70.8 Å². The van der Waals surface area contributed by atoms with Crippen LogP contribution in [0.25, 0.3) is 0 Å². The third kappa shape index (κ3) is 6.34. The number of nitrogens with zero attached hydrogens (tertiary/aromatic N) is 1. The van der Waals surface area contributed by atoms with Gasteiger partial charge in [-0.25, -0.2) is 0 Å². The van der Waals surface area contributed by atoms with E-state index in [-0.39, 0.29) is 18.4 Å². The molecule has 0 saturated heterocycles. The number of hydrogen-bond donors (Lipinski definition) is 1. The van der Waals surface area contributed by atoms with Crippen molar-refractivity contribution in [2.45, 2.75) is 39.4 Å². The summed E-state index contributed by atoms with van der Waals surface area (Å²) in [6.45, 7) is 4.82. The minimum atomic E-state index is -4.43. The smallest absolute Gasteiger partial charge is 0.352 e. The molecule has 2 rings (SSSR count). The lowest BCUT2D eigenvalue weighted by atomic mass is 10.1. The molecule has 4 nitrogen and oxygen atoms in total. The van der Waals surface area contributed by atoms with E-state index >= 15 is 0 Å². The number of alkyl halides is 3. The molecule has 2 amide bonds. The van der Waals surface area contributed by atoms with Crippen LogP contribution in [0.3, 0.4) is 0 Å². The van der Waals surface area contributed by atoms with Gasteiger partial charge >= 0.3 is 6.18 Å². The maximum Gasteiger partial charge on any atom is 0.416 e. The van der Waals surface area contributed by atoms with Crippen LogP contribution < -0.4 is 5.32 Å². The summed E-state index contributed by atoms with van der Waals surface area (Å²) in [5.41, 5.74) is 0.362. The van der Waals surface area contributed by atoms with E-state index in [0.29, 0.717) is 36.2 Å². The van der Waals surface area contributed by atoms with Gasteiger partial charge in [0.05, 0.1) is 5.56 Å². The molecule has 0 atom stereocenters. The van der Waals surface area contributed by atoms with Crippen LogP contribution in [0, 0.1) is 0 Å². The lowest BCUT2D eigenvalue weighted by Crippen LogP contribution is -2.32. The van der Waals surface area contributed by atoms with Crippen molar-refractivity contribution in [2.24, 2.45) is 0 Å². The second-order valence-corrected chi connectivity index (χ2v) is 6.76. The molecule has 0 aromatic heterocycles. The molecule has 0 heterocycles. The monoisotopic (exact) mass is 406 g/mol. The molecule has 2 aromatic carbocycles. The first-order valence-corrected chi connectivity index (χ1v) is 9.60. The molecule has 0 bridgehead atoms. The SMILES string of the molecule is CCCNC(=O)c1cccc(C(=O)N(CCC)Cc2cccc(C(F)(F)F)c2)c1. The standard InChI is InChI=1S/C22H25F3N2O2/c1-3-11-26-20(28)17-8-6-9-18(14-17)21(29)27(12-4-2)15-16-7-5-10-19(13-16)22(23,24)25/h5-10,13-14H,3-4,11-12,15H2,1-2H3,(H,26,28). The van der Waals surface area contributed by atoms with Crippen LogP contribution >= 0.6 is 0 Å². The Labute approximate surface area is 168 Å². The first-order valence-electron chi connectivity index (χ1n) is 9.60. The van der Waals surface area contributed by atoms with Crippen molar-refractivity contribution in [2.75, 3.05) is 13.1 Å². The van der Waals surface area contributed by atoms with Gasteiger partial charge in [0.2, 0.25) is 0 Å². The van der Waals surface area contributed by atoms with Crippen molar-refractivity contribution in [3.63, 3.8) is 0 Å². The summed E-state index contributed by atoms with van der Waals surface area (Å²) in [5.74, 6) is -0.587. The van der Waals surface area contributed by atoms with Crippen molar-refractivity contribution in [1.82, 2.24) is 10.2 Å². The number of hydrogen-bond acceptors (Lipinski definition) is 2. The molecule has 0 fully saturated rings. The molecule has 1 N–H and O–H groups in total. The Morgan fingerprint density at radius 1 is 0.966 bits per heavy atom. The minimum absolute atomic E-state index is 0.0584. The highest BCUT2D eigenvalue weighted by Gasteiger charge is 2.30. The highest BCUT2D eigenvalue weighted by Crippen LogP contribution is 2.29. The average Bonchev–Trinajstić information content (AvgIpc) is 2.71. The third-order valence-electron chi connectivity index (χ3n) is 4.32. The average molecular weight is 406 g/mol. The molecule has 0 aliphatic carbocycles. The fraction of sp³-hybridized carbons (Fsp3) is 0.364. The predicted molar refractivity (Wildman–Crippen MR) is 106 cm³/mol. The zero-order chi connectivity index (χ0) is 21.4. The van der Waals surface area contributed by atoms with Gasteiger partial charge in [-0.3, -0.25) is 9.59 Å². The summed E-state index contributed by atoms with van der Waals surface area (Å²) >= 11 is 0. The second kappa shape index (κ2) is 10.1.